The Labute approximate surface area is 174 Å². The van der Waals surface area contributed by atoms with Crippen LogP contribution in [-0.4, -0.2) is 29.5 Å². The first-order valence-corrected chi connectivity index (χ1v) is 9.49. The molecule has 0 atom stereocenters. The van der Waals surface area contributed by atoms with Gasteiger partial charge in [0.25, 0.3) is 5.56 Å². The van der Waals surface area contributed by atoms with E-state index in [1.807, 2.05) is 19.1 Å². The molecule has 0 aliphatic carbocycles. The third-order valence-electron chi connectivity index (χ3n) is 4.98. The van der Waals surface area contributed by atoms with Gasteiger partial charge in [-0.3, -0.25) is 9.36 Å². The number of benzene rings is 2. The lowest BCUT2D eigenvalue weighted by molar-refractivity contribution is 0.627. The van der Waals surface area contributed by atoms with Gasteiger partial charge in [0.15, 0.2) is 11.5 Å². The number of nitrogens with zero attached hydrogens (tertiary/aromatic N) is 5. The molecular weight excluding hydrogens is 399 g/mol. The number of hydrogen-bond acceptors (Lipinski definition) is 7. The number of nitrogens with two attached hydrogens (primary N) is 1. The highest BCUT2D eigenvalue weighted by Gasteiger charge is 2.16. The predicted molar refractivity (Wildman–Crippen MR) is 115 cm³/mol. The Kier molecular flexibility index (Phi) is 4.32. The van der Waals surface area contributed by atoms with E-state index < -0.39 is 0 Å². The standard InChI is InChI=1S/C21H17FN8O/c1-11-3-2-4-14-16(11)20(31)30(13-7-5-12(22)6-8-13)15(27-14)9-24-18-17-19(26-10-25-17)29-21(23)28-18/h2-8,10H,9H2,1H3,(H4,23,24,25,26,28,29). The second-order valence-electron chi connectivity index (χ2n) is 7.00. The minimum absolute atomic E-state index is 0.0696. The molecule has 0 aliphatic rings. The average Bonchev–Trinajstić information content (AvgIpc) is 3.21. The Morgan fingerprint density at radius 3 is 2.74 bits per heavy atom. The maximum Gasteiger partial charge on any atom is 0.266 e. The fourth-order valence-electron chi connectivity index (χ4n) is 3.56. The van der Waals surface area contributed by atoms with E-state index in [9.17, 15) is 9.18 Å². The predicted octanol–water partition coefficient (Wildman–Crippen LogP) is 2.69. The summed E-state index contributed by atoms with van der Waals surface area (Å²) in [5.41, 5.74) is 8.45. The summed E-state index contributed by atoms with van der Waals surface area (Å²) < 4.78 is 15.0. The molecule has 4 N–H and O–H groups in total. The summed E-state index contributed by atoms with van der Waals surface area (Å²) in [5, 5.41) is 3.67. The molecule has 31 heavy (non-hydrogen) atoms. The molecule has 0 saturated carbocycles. The lowest BCUT2D eigenvalue weighted by Crippen LogP contribution is -2.26. The number of rotatable bonds is 4. The summed E-state index contributed by atoms with van der Waals surface area (Å²) in [4.78, 5) is 33.5. The number of aromatic amines is 1. The van der Waals surface area contributed by atoms with Crippen molar-refractivity contribution in [2.75, 3.05) is 11.1 Å². The van der Waals surface area contributed by atoms with Crippen LogP contribution in [0.4, 0.5) is 16.2 Å². The van der Waals surface area contributed by atoms with E-state index in [0.29, 0.717) is 39.4 Å². The van der Waals surface area contributed by atoms with Crippen molar-refractivity contribution in [1.29, 1.82) is 0 Å². The highest BCUT2D eigenvalue weighted by molar-refractivity contribution is 5.84. The molecule has 154 valence electrons. The quantitative estimate of drug-likeness (QED) is 0.411. The van der Waals surface area contributed by atoms with E-state index >= 15 is 0 Å². The Morgan fingerprint density at radius 1 is 1.13 bits per heavy atom. The van der Waals surface area contributed by atoms with E-state index in [4.69, 9.17) is 10.7 Å². The summed E-state index contributed by atoms with van der Waals surface area (Å²) in [6.45, 7) is 2.01. The molecule has 3 heterocycles. The third-order valence-corrected chi connectivity index (χ3v) is 4.98. The van der Waals surface area contributed by atoms with Gasteiger partial charge < -0.3 is 16.0 Å². The smallest absolute Gasteiger partial charge is 0.266 e. The molecule has 0 aliphatic heterocycles. The number of fused-ring (bicyclic) bond motifs is 2. The summed E-state index contributed by atoms with van der Waals surface area (Å²) >= 11 is 0. The van der Waals surface area contributed by atoms with Crippen LogP contribution in [-0.2, 0) is 6.54 Å². The van der Waals surface area contributed by atoms with Gasteiger partial charge in [0.2, 0.25) is 5.95 Å². The zero-order valence-corrected chi connectivity index (χ0v) is 16.4. The van der Waals surface area contributed by atoms with E-state index in [2.05, 4.69) is 25.3 Å². The molecule has 9 nitrogen and oxygen atoms in total. The molecule has 0 fully saturated rings. The van der Waals surface area contributed by atoms with Crippen LogP contribution < -0.4 is 16.6 Å². The number of halogens is 1. The van der Waals surface area contributed by atoms with Gasteiger partial charge in [-0.25, -0.2) is 14.4 Å². The molecular formula is C21H17FN8O. The number of nitrogen functional groups attached to an aromatic ring is 1. The lowest BCUT2D eigenvalue weighted by atomic mass is 10.1. The molecule has 0 bridgehead atoms. The largest absolute Gasteiger partial charge is 0.368 e. The van der Waals surface area contributed by atoms with Crippen molar-refractivity contribution < 1.29 is 4.39 Å². The zero-order valence-electron chi connectivity index (χ0n) is 16.4. The Bertz CT molecular complexity index is 1490. The number of anilines is 2. The van der Waals surface area contributed by atoms with Gasteiger partial charge >= 0.3 is 0 Å². The number of H-pyrrole nitrogens is 1. The normalized spacial score (nSPS) is 11.3. The molecule has 0 radical (unpaired) electrons. The van der Waals surface area contributed by atoms with Crippen LogP contribution in [0.25, 0.3) is 27.8 Å². The van der Waals surface area contributed by atoms with Crippen molar-refractivity contribution in [3.63, 3.8) is 0 Å². The lowest BCUT2D eigenvalue weighted by Gasteiger charge is -2.15. The van der Waals surface area contributed by atoms with Crippen molar-refractivity contribution in [3.05, 3.63) is 76.4 Å². The summed E-state index contributed by atoms with van der Waals surface area (Å²) in [6, 6.07) is 11.2. The highest BCUT2D eigenvalue weighted by Crippen LogP contribution is 2.20. The zero-order chi connectivity index (χ0) is 21.5. The maximum atomic E-state index is 13.5. The monoisotopic (exact) mass is 416 g/mol. The topological polar surface area (TPSA) is 127 Å². The second-order valence-corrected chi connectivity index (χ2v) is 7.00. The van der Waals surface area contributed by atoms with E-state index in [0.717, 1.165) is 5.56 Å². The number of aromatic nitrogens is 6. The first kappa shape index (κ1) is 18.7. The first-order chi connectivity index (χ1) is 15.0. The molecule has 10 heteroatoms. The number of aryl methyl sites for hydroxylation is 1. The highest BCUT2D eigenvalue weighted by atomic mass is 19.1. The molecule has 3 aromatic heterocycles. The Morgan fingerprint density at radius 2 is 1.94 bits per heavy atom. The van der Waals surface area contributed by atoms with Gasteiger partial charge in [-0.1, -0.05) is 12.1 Å². The summed E-state index contributed by atoms with van der Waals surface area (Å²) in [5.74, 6) is 0.545. The average molecular weight is 416 g/mol. The fraction of sp³-hybridized carbons (Fsp3) is 0.0952. The SMILES string of the molecule is Cc1cccc2nc(CNc3nc(N)nc4nc[nH]c34)n(-c3ccc(F)cc3)c(=O)c12. The fourth-order valence-corrected chi connectivity index (χ4v) is 3.56. The molecule has 0 saturated heterocycles. The minimum Gasteiger partial charge on any atom is -0.368 e. The van der Waals surface area contributed by atoms with Crippen LogP contribution in [0.3, 0.4) is 0 Å². The van der Waals surface area contributed by atoms with Crippen LogP contribution >= 0.6 is 0 Å². The van der Waals surface area contributed by atoms with Crippen LogP contribution in [0, 0.1) is 12.7 Å². The van der Waals surface area contributed by atoms with Crippen molar-refractivity contribution >= 4 is 33.8 Å². The van der Waals surface area contributed by atoms with Gasteiger partial charge in [0.1, 0.15) is 17.2 Å². The summed E-state index contributed by atoms with van der Waals surface area (Å²) in [7, 11) is 0. The molecule has 0 amide bonds. The Balaban J connectivity index is 1.66. The van der Waals surface area contributed by atoms with Crippen molar-refractivity contribution in [2.45, 2.75) is 13.5 Å². The molecule has 2 aromatic carbocycles. The molecule has 5 rings (SSSR count). The second kappa shape index (κ2) is 7.17. The van der Waals surface area contributed by atoms with Gasteiger partial charge in [-0.05, 0) is 42.8 Å². The van der Waals surface area contributed by atoms with Crippen LogP contribution in [0.2, 0.25) is 0 Å². The number of hydrogen-bond donors (Lipinski definition) is 3. The minimum atomic E-state index is -0.389. The van der Waals surface area contributed by atoms with Crippen molar-refractivity contribution in [3.8, 4) is 5.69 Å². The number of imidazole rings is 1. The van der Waals surface area contributed by atoms with Crippen molar-refractivity contribution in [2.24, 2.45) is 0 Å². The Hall–Kier alpha value is -4.34. The van der Waals surface area contributed by atoms with Gasteiger partial charge in [-0.2, -0.15) is 9.97 Å². The van der Waals surface area contributed by atoms with Crippen LogP contribution in [0.1, 0.15) is 11.4 Å². The molecule has 5 aromatic rings. The van der Waals surface area contributed by atoms with E-state index in [1.54, 1.807) is 18.2 Å². The van der Waals surface area contributed by atoms with Gasteiger partial charge in [-0.15, -0.1) is 0 Å². The summed E-state index contributed by atoms with van der Waals surface area (Å²) in [6.07, 6.45) is 1.50. The van der Waals surface area contributed by atoms with Gasteiger partial charge in [0.05, 0.1) is 29.5 Å². The van der Waals surface area contributed by atoms with Crippen LogP contribution in [0.15, 0.2) is 53.6 Å². The molecule has 0 unspecified atom stereocenters. The van der Waals surface area contributed by atoms with E-state index in [-0.39, 0.29) is 23.9 Å². The number of nitrogens with one attached hydrogen (secondary N) is 2. The third kappa shape index (κ3) is 3.23. The van der Waals surface area contributed by atoms with Crippen molar-refractivity contribution in [1.82, 2.24) is 29.5 Å². The first-order valence-electron chi connectivity index (χ1n) is 9.49. The maximum absolute atomic E-state index is 13.5. The molecule has 0 spiro atoms. The van der Waals surface area contributed by atoms with E-state index in [1.165, 1.54) is 23.0 Å². The van der Waals surface area contributed by atoms with Crippen LogP contribution in [0.5, 0.6) is 0 Å². The van der Waals surface area contributed by atoms with Gasteiger partial charge in [0, 0.05) is 0 Å².